The summed E-state index contributed by atoms with van der Waals surface area (Å²) in [6, 6.07) is 3.28. The number of aryl methyl sites for hydroxylation is 1. The van der Waals surface area contributed by atoms with Crippen LogP contribution in [0.5, 0.6) is 0 Å². The van der Waals surface area contributed by atoms with Gasteiger partial charge < -0.3 is 19.0 Å². The van der Waals surface area contributed by atoms with Crippen molar-refractivity contribution in [1.82, 2.24) is 9.55 Å². The third-order valence-electron chi connectivity index (χ3n) is 3.81. The van der Waals surface area contributed by atoms with E-state index in [0.29, 0.717) is 17.2 Å². The first-order valence-corrected chi connectivity index (χ1v) is 8.01. The average molecular weight is 353 g/mol. The molecule has 0 atom stereocenters. The van der Waals surface area contributed by atoms with Gasteiger partial charge in [0.15, 0.2) is 6.61 Å². The van der Waals surface area contributed by atoms with Crippen molar-refractivity contribution in [2.24, 2.45) is 0 Å². The molecule has 0 unspecified atom stereocenters. The smallest absolute Gasteiger partial charge is 0.355 e. The molecule has 2 rings (SSSR count). The maximum absolute atomic E-state index is 12.4. The number of methoxy groups -OCH3 is 1. The molecule has 1 N–H and O–H groups in total. The molecule has 0 amide bonds. The van der Waals surface area contributed by atoms with Gasteiger partial charge in [0, 0.05) is 43.4 Å². The van der Waals surface area contributed by atoms with Crippen molar-refractivity contribution in [2.45, 2.75) is 26.8 Å². The number of halogens is 1. The largest absolute Gasteiger partial charge is 0.453 e. The van der Waals surface area contributed by atoms with Crippen molar-refractivity contribution in [2.75, 3.05) is 20.3 Å². The molecule has 130 valence electrons. The Bertz CT molecular complexity index is 733. The summed E-state index contributed by atoms with van der Waals surface area (Å²) < 4.78 is 12.2. The summed E-state index contributed by atoms with van der Waals surface area (Å²) >= 11 is 5.74. The minimum absolute atomic E-state index is 0.220. The highest BCUT2D eigenvalue weighted by Gasteiger charge is 2.18. The fraction of sp³-hybridized carbons (Fsp3) is 0.412. The van der Waals surface area contributed by atoms with Crippen molar-refractivity contribution >= 4 is 23.4 Å². The number of Topliss-reactive ketones (excluding diaryl/α,β-unsaturated/α-hetero) is 1. The second-order valence-corrected chi connectivity index (χ2v) is 5.95. The van der Waals surface area contributed by atoms with E-state index in [0.717, 1.165) is 24.4 Å². The molecule has 0 bridgehead atoms. The van der Waals surface area contributed by atoms with Crippen molar-refractivity contribution in [3.8, 4) is 0 Å². The summed E-state index contributed by atoms with van der Waals surface area (Å²) in [4.78, 5) is 26.9. The summed E-state index contributed by atoms with van der Waals surface area (Å²) in [6.45, 7) is 4.97. The molecule has 0 saturated carbocycles. The zero-order chi connectivity index (χ0) is 17.7. The van der Waals surface area contributed by atoms with Gasteiger partial charge in [0.25, 0.3) is 0 Å². The van der Waals surface area contributed by atoms with Gasteiger partial charge in [-0.05, 0) is 32.4 Å². The molecule has 0 radical (unpaired) electrons. The third kappa shape index (κ3) is 4.27. The van der Waals surface area contributed by atoms with Crippen LogP contribution in [0.15, 0.2) is 18.3 Å². The second kappa shape index (κ2) is 8.17. The van der Waals surface area contributed by atoms with Crippen molar-refractivity contribution < 1.29 is 19.1 Å². The number of H-pyrrole nitrogens is 1. The molecule has 2 heterocycles. The first kappa shape index (κ1) is 18.3. The van der Waals surface area contributed by atoms with Crippen LogP contribution >= 0.6 is 11.6 Å². The number of hydrogen-bond acceptors (Lipinski definition) is 4. The van der Waals surface area contributed by atoms with Crippen LogP contribution in [-0.4, -0.2) is 41.6 Å². The fourth-order valence-electron chi connectivity index (χ4n) is 2.57. The number of ether oxygens (including phenoxy) is 2. The number of nitrogens with zero attached hydrogens (tertiary/aromatic N) is 1. The molecule has 0 fully saturated rings. The zero-order valence-corrected chi connectivity index (χ0v) is 14.8. The van der Waals surface area contributed by atoms with E-state index < -0.39 is 5.97 Å². The maximum Gasteiger partial charge on any atom is 0.355 e. The zero-order valence-electron chi connectivity index (χ0n) is 14.0. The van der Waals surface area contributed by atoms with Crippen molar-refractivity contribution in [3.63, 3.8) is 0 Å². The summed E-state index contributed by atoms with van der Waals surface area (Å²) in [5.74, 6) is -0.837. The Morgan fingerprint density at radius 2 is 2.04 bits per heavy atom. The van der Waals surface area contributed by atoms with E-state index >= 15 is 0 Å². The van der Waals surface area contributed by atoms with Crippen LogP contribution in [0, 0.1) is 13.8 Å². The lowest BCUT2D eigenvalue weighted by Gasteiger charge is -2.09. The first-order valence-electron chi connectivity index (χ1n) is 7.64. The Labute approximate surface area is 145 Å². The Kier molecular flexibility index (Phi) is 6.23. The van der Waals surface area contributed by atoms with Crippen LogP contribution in [0.3, 0.4) is 0 Å². The molecule has 0 spiro atoms. The van der Waals surface area contributed by atoms with Crippen LogP contribution in [0.4, 0.5) is 0 Å². The molecular formula is C17H21ClN2O4. The van der Waals surface area contributed by atoms with Gasteiger partial charge in [0.05, 0.1) is 5.02 Å². The molecule has 6 nitrogen and oxygen atoms in total. The van der Waals surface area contributed by atoms with Crippen molar-refractivity contribution in [3.05, 3.63) is 46.0 Å². The number of rotatable bonds is 8. The van der Waals surface area contributed by atoms with Crippen LogP contribution in [0.25, 0.3) is 0 Å². The van der Waals surface area contributed by atoms with Gasteiger partial charge in [-0.2, -0.15) is 0 Å². The van der Waals surface area contributed by atoms with Gasteiger partial charge in [0.2, 0.25) is 5.78 Å². The van der Waals surface area contributed by atoms with E-state index in [4.69, 9.17) is 21.1 Å². The Morgan fingerprint density at radius 3 is 2.67 bits per heavy atom. The second-order valence-electron chi connectivity index (χ2n) is 5.51. The number of aromatic nitrogens is 2. The first-order chi connectivity index (χ1) is 11.4. The molecule has 7 heteroatoms. The number of hydrogen-bond donors (Lipinski definition) is 1. The van der Waals surface area contributed by atoms with Gasteiger partial charge in [-0.15, -0.1) is 0 Å². The molecule has 0 aliphatic heterocycles. The molecule has 0 aliphatic rings. The molecule has 24 heavy (non-hydrogen) atoms. The average Bonchev–Trinajstić information content (AvgIpc) is 3.10. The van der Waals surface area contributed by atoms with E-state index in [1.165, 1.54) is 12.3 Å². The van der Waals surface area contributed by atoms with Gasteiger partial charge >= 0.3 is 5.97 Å². The lowest BCUT2D eigenvalue weighted by atomic mass is 10.1. The predicted molar refractivity (Wildman–Crippen MR) is 90.8 cm³/mol. The van der Waals surface area contributed by atoms with E-state index in [2.05, 4.69) is 9.55 Å². The number of nitrogens with one attached hydrogen (secondary N) is 1. The molecule has 2 aromatic rings. The number of esters is 1. The summed E-state index contributed by atoms with van der Waals surface area (Å²) in [5, 5.41) is 0.410. The van der Waals surface area contributed by atoms with Gasteiger partial charge in [-0.1, -0.05) is 11.6 Å². The summed E-state index contributed by atoms with van der Waals surface area (Å²) in [7, 11) is 1.66. The van der Waals surface area contributed by atoms with Crippen molar-refractivity contribution in [1.29, 1.82) is 0 Å². The number of carbonyl (C=O) groups is 2. The topological polar surface area (TPSA) is 73.3 Å². The molecule has 2 aromatic heterocycles. The van der Waals surface area contributed by atoms with Gasteiger partial charge in [0.1, 0.15) is 5.69 Å². The monoisotopic (exact) mass is 352 g/mol. The lowest BCUT2D eigenvalue weighted by molar-refractivity contribution is 0.0469. The van der Waals surface area contributed by atoms with E-state index in [1.807, 2.05) is 19.9 Å². The maximum atomic E-state index is 12.4. The lowest BCUT2D eigenvalue weighted by Crippen LogP contribution is -2.15. The van der Waals surface area contributed by atoms with Gasteiger partial charge in [-0.3, -0.25) is 4.79 Å². The quantitative estimate of drug-likeness (QED) is 0.450. The van der Waals surface area contributed by atoms with E-state index in [-0.39, 0.29) is 18.1 Å². The number of ketones is 1. The molecule has 0 aliphatic carbocycles. The highest BCUT2D eigenvalue weighted by atomic mass is 35.5. The Morgan fingerprint density at radius 1 is 1.29 bits per heavy atom. The SMILES string of the molecule is COCCCn1c(C)cc(C(=O)COC(=O)c2cc(Cl)c[nH]2)c1C. The standard InChI is InChI=1S/C17H21ClN2O4/c1-11-7-14(12(2)20(11)5-4-6-23-3)16(21)10-24-17(22)15-8-13(18)9-19-15/h7-9,19H,4-6,10H2,1-3H3. The van der Waals surface area contributed by atoms with Crippen LogP contribution in [0.1, 0.15) is 38.7 Å². The van der Waals surface area contributed by atoms with E-state index in [9.17, 15) is 9.59 Å². The summed E-state index contributed by atoms with van der Waals surface area (Å²) in [6.07, 6.45) is 2.34. The Balaban J connectivity index is 1.99. The Hall–Kier alpha value is -2.05. The highest BCUT2D eigenvalue weighted by molar-refractivity contribution is 6.30. The minimum atomic E-state index is -0.607. The van der Waals surface area contributed by atoms with Crippen LogP contribution in [0.2, 0.25) is 5.02 Å². The summed E-state index contributed by atoms with van der Waals surface area (Å²) in [5.41, 5.74) is 2.65. The molecule has 0 saturated heterocycles. The van der Waals surface area contributed by atoms with Gasteiger partial charge in [-0.25, -0.2) is 4.79 Å². The third-order valence-corrected chi connectivity index (χ3v) is 4.02. The minimum Gasteiger partial charge on any atom is -0.453 e. The normalized spacial score (nSPS) is 10.8. The fourth-order valence-corrected chi connectivity index (χ4v) is 2.73. The highest BCUT2D eigenvalue weighted by Crippen LogP contribution is 2.17. The van der Waals surface area contributed by atoms with E-state index in [1.54, 1.807) is 7.11 Å². The molecule has 0 aromatic carbocycles. The number of aromatic amines is 1. The van der Waals surface area contributed by atoms with Crippen LogP contribution < -0.4 is 0 Å². The number of carbonyl (C=O) groups excluding carboxylic acids is 2. The predicted octanol–water partition coefficient (Wildman–Crippen LogP) is 3.16. The molecular weight excluding hydrogens is 332 g/mol. The van der Waals surface area contributed by atoms with Crippen LogP contribution in [-0.2, 0) is 16.0 Å².